The molecule has 1 unspecified atom stereocenters. The van der Waals surface area contributed by atoms with Crippen LogP contribution in [0.5, 0.6) is 0 Å². The lowest BCUT2D eigenvalue weighted by Gasteiger charge is -2.38. The monoisotopic (exact) mass is 418 g/mol. The number of H-pyrrole nitrogens is 1. The van der Waals surface area contributed by atoms with E-state index in [1.54, 1.807) is 6.20 Å². The molecule has 30 heavy (non-hydrogen) atoms. The summed E-state index contributed by atoms with van der Waals surface area (Å²) in [6.07, 6.45) is 0.266. The van der Waals surface area contributed by atoms with Crippen LogP contribution in [0.2, 0.25) is 0 Å². The highest BCUT2D eigenvalue weighted by Gasteiger charge is 2.32. The van der Waals surface area contributed by atoms with Crippen molar-refractivity contribution in [1.82, 2.24) is 20.0 Å². The molecule has 7 nitrogen and oxygen atoms in total. The first-order chi connectivity index (χ1) is 14.3. The Morgan fingerprint density at radius 3 is 2.93 bits per heavy atom. The maximum Gasteiger partial charge on any atom is 0.416 e. The maximum absolute atomic E-state index is 12.9. The van der Waals surface area contributed by atoms with Crippen molar-refractivity contribution < 1.29 is 18.0 Å². The summed E-state index contributed by atoms with van der Waals surface area (Å²) in [5.74, 6) is 0.0846. The van der Waals surface area contributed by atoms with Crippen molar-refractivity contribution in [3.05, 3.63) is 48.4 Å². The molecule has 0 spiro atoms. The summed E-state index contributed by atoms with van der Waals surface area (Å²) in [4.78, 5) is 24.3. The van der Waals surface area contributed by atoms with Crippen LogP contribution in [0.3, 0.4) is 0 Å². The molecule has 1 aliphatic heterocycles. The van der Waals surface area contributed by atoms with E-state index in [0.717, 1.165) is 41.9 Å². The summed E-state index contributed by atoms with van der Waals surface area (Å²) in [5, 5.41) is 7.43. The Bertz CT molecular complexity index is 1050. The first kappa shape index (κ1) is 20.1. The first-order valence-corrected chi connectivity index (χ1v) is 9.58. The smallest absolute Gasteiger partial charge is 0.346 e. The zero-order valence-corrected chi connectivity index (χ0v) is 16.3. The largest absolute Gasteiger partial charge is 0.416 e. The first-order valence-electron chi connectivity index (χ1n) is 9.58. The number of rotatable bonds is 4. The highest BCUT2D eigenvalue weighted by molar-refractivity contribution is 5.93. The molecule has 2 aromatic heterocycles. The van der Waals surface area contributed by atoms with Gasteiger partial charge in [0.25, 0.3) is 0 Å². The van der Waals surface area contributed by atoms with E-state index < -0.39 is 11.7 Å². The Kier molecular flexibility index (Phi) is 5.33. The number of piperidine rings is 1. The van der Waals surface area contributed by atoms with Crippen molar-refractivity contribution in [1.29, 1.82) is 0 Å². The van der Waals surface area contributed by atoms with E-state index in [9.17, 15) is 18.0 Å². The van der Waals surface area contributed by atoms with Gasteiger partial charge in [0.15, 0.2) is 5.82 Å². The molecular formula is C20H21F3N6O. The quantitative estimate of drug-likeness (QED) is 0.676. The van der Waals surface area contributed by atoms with Crippen LogP contribution in [0.1, 0.15) is 18.4 Å². The number of halogens is 3. The Labute approximate surface area is 170 Å². The molecule has 0 radical (unpaired) electrons. The lowest BCUT2D eigenvalue weighted by Crippen LogP contribution is -2.49. The molecule has 0 aliphatic carbocycles. The SMILES string of the molecule is CN(c1ncnc2[nH]ccc12)N1CCCC(C(=O)Nc2cccc(C(F)(F)F)c2)C1. The number of hydrogen-bond donors (Lipinski definition) is 2. The second-order valence-corrected chi connectivity index (χ2v) is 7.28. The van der Waals surface area contributed by atoms with Crippen LogP contribution < -0.4 is 10.3 Å². The van der Waals surface area contributed by atoms with E-state index in [2.05, 4.69) is 20.3 Å². The van der Waals surface area contributed by atoms with E-state index in [1.807, 2.05) is 23.1 Å². The summed E-state index contributed by atoms with van der Waals surface area (Å²) in [5.41, 5.74) is 0.0809. The van der Waals surface area contributed by atoms with Gasteiger partial charge >= 0.3 is 6.18 Å². The second kappa shape index (κ2) is 7.94. The van der Waals surface area contributed by atoms with Crippen molar-refractivity contribution in [3.63, 3.8) is 0 Å². The topological polar surface area (TPSA) is 77.2 Å². The van der Waals surface area contributed by atoms with Crippen LogP contribution in [0.4, 0.5) is 24.7 Å². The van der Waals surface area contributed by atoms with Crippen LogP contribution in [0, 0.1) is 5.92 Å². The fourth-order valence-electron chi connectivity index (χ4n) is 3.71. The van der Waals surface area contributed by atoms with Gasteiger partial charge < -0.3 is 10.3 Å². The van der Waals surface area contributed by atoms with E-state index >= 15 is 0 Å². The molecule has 3 heterocycles. The predicted octanol–water partition coefficient (Wildman–Crippen LogP) is 3.68. The number of fused-ring (bicyclic) bond motifs is 1. The molecule has 1 fully saturated rings. The molecule has 10 heteroatoms. The van der Waals surface area contributed by atoms with Gasteiger partial charge in [-0.3, -0.25) is 9.80 Å². The van der Waals surface area contributed by atoms with Crippen LogP contribution in [-0.4, -0.2) is 46.0 Å². The third-order valence-electron chi connectivity index (χ3n) is 5.29. The Balaban J connectivity index is 1.46. The lowest BCUT2D eigenvalue weighted by atomic mass is 9.98. The third kappa shape index (κ3) is 4.09. The summed E-state index contributed by atoms with van der Waals surface area (Å²) in [7, 11) is 1.88. The van der Waals surface area contributed by atoms with Gasteiger partial charge in [-0.25, -0.2) is 15.0 Å². The summed E-state index contributed by atoms with van der Waals surface area (Å²) in [6, 6.07) is 6.58. The number of amides is 1. The highest BCUT2D eigenvalue weighted by Crippen LogP contribution is 2.31. The number of nitrogens with one attached hydrogen (secondary N) is 2. The number of carbonyl (C=O) groups is 1. The van der Waals surface area contributed by atoms with Gasteiger partial charge in [-0.2, -0.15) is 13.2 Å². The summed E-state index contributed by atoms with van der Waals surface area (Å²) >= 11 is 0. The molecule has 158 valence electrons. The van der Waals surface area contributed by atoms with E-state index in [-0.39, 0.29) is 17.5 Å². The normalized spacial score (nSPS) is 17.8. The molecule has 1 aromatic carbocycles. The average Bonchev–Trinajstić information content (AvgIpc) is 3.22. The fraction of sp³-hybridized carbons (Fsp3) is 0.350. The van der Waals surface area contributed by atoms with Crippen molar-refractivity contribution >= 4 is 28.4 Å². The van der Waals surface area contributed by atoms with Crippen molar-refractivity contribution in [2.75, 3.05) is 30.5 Å². The zero-order chi connectivity index (χ0) is 21.3. The molecule has 1 amide bonds. The molecule has 0 bridgehead atoms. The third-order valence-corrected chi connectivity index (χ3v) is 5.29. The summed E-state index contributed by atoms with van der Waals surface area (Å²) in [6.45, 7) is 1.19. The zero-order valence-electron chi connectivity index (χ0n) is 16.3. The van der Waals surface area contributed by atoms with Crippen molar-refractivity contribution in [2.24, 2.45) is 5.92 Å². The number of nitrogens with zero attached hydrogens (tertiary/aromatic N) is 4. The Hall–Kier alpha value is -3.14. The number of hydrazine groups is 1. The van der Waals surface area contributed by atoms with Crippen LogP contribution in [0.25, 0.3) is 11.0 Å². The minimum Gasteiger partial charge on any atom is -0.346 e. The van der Waals surface area contributed by atoms with Crippen molar-refractivity contribution in [2.45, 2.75) is 19.0 Å². The van der Waals surface area contributed by atoms with Crippen LogP contribution >= 0.6 is 0 Å². The molecule has 0 saturated carbocycles. The number of anilines is 2. The van der Waals surface area contributed by atoms with Gasteiger partial charge in [-0.05, 0) is 37.1 Å². The number of hydrogen-bond acceptors (Lipinski definition) is 5. The number of benzene rings is 1. The molecular weight excluding hydrogens is 397 g/mol. The number of aromatic amines is 1. The summed E-state index contributed by atoms with van der Waals surface area (Å²) < 4.78 is 38.7. The molecule has 1 aliphatic rings. The van der Waals surface area contributed by atoms with Crippen molar-refractivity contribution in [3.8, 4) is 0 Å². The van der Waals surface area contributed by atoms with Gasteiger partial charge in [0.2, 0.25) is 5.91 Å². The molecule has 1 atom stereocenters. The molecule has 1 saturated heterocycles. The molecule has 4 rings (SSSR count). The maximum atomic E-state index is 12.9. The Morgan fingerprint density at radius 1 is 1.30 bits per heavy atom. The number of alkyl halides is 3. The van der Waals surface area contributed by atoms with Gasteiger partial charge in [-0.1, -0.05) is 6.07 Å². The van der Waals surface area contributed by atoms with Gasteiger partial charge in [0, 0.05) is 32.0 Å². The predicted molar refractivity (Wildman–Crippen MR) is 107 cm³/mol. The standard InChI is InChI=1S/C20H21F3N6O/c1-28(18-16-7-8-24-17(16)25-12-26-18)29-9-3-4-13(11-29)19(30)27-15-6-2-5-14(10-15)20(21,22)23/h2,5-8,10,12-13H,3-4,9,11H2,1H3,(H,27,30)(H,24,25,26). The van der Waals surface area contributed by atoms with E-state index in [0.29, 0.717) is 13.0 Å². The number of aromatic nitrogens is 3. The minimum absolute atomic E-state index is 0.144. The highest BCUT2D eigenvalue weighted by atomic mass is 19.4. The van der Waals surface area contributed by atoms with E-state index in [1.165, 1.54) is 18.5 Å². The van der Waals surface area contributed by atoms with E-state index in [4.69, 9.17) is 0 Å². The molecule has 3 aromatic rings. The number of carbonyl (C=O) groups excluding carboxylic acids is 1. The average molecular weight is 418 g/mol. The Morgan fingerprint density at radius 2 is 2.13 bits per heavy atom. The van der Waals surface area contributed by atoms with Gasteiger partial charge in [0.05, 0.1) is 16.9 Å². The minimum atomic E-state index is -4.45. The lowest BCUT2D eigenvalue weighted by molar-refractivity contribution is -0.137. The fourth-order valence-corrected chi connectivity index (χ4v) is 3.71. The molecule has 2 N–H and O–H groups in total. The van der Waals surface area contributed by atoms with Gasteiger partial charge in [-0.15, -0.1) is 0 Å². The van der Waals surface area contributed by atoms with Crippen LogP contribution in [0.15, 0.2) is 42.9 Å². The second-order valence-electron chi connectivity index (χ2n) is 7.28. The van der Waals surface area contributed by atoms with Crippen LogP contribution in [-0.2, 0) is 11.0 Å². The van der Waals surface area contributed by atoms with Gasteiger partial charge in [0.1, 0.15) is 12.0 Å².